The highest BCUT2D eigenvalue weighted by Gasteiger charge is 2.39. The van der Waals surface area contributed by atoms with Gasteiger partial charge >= 0.3 is 5.97 Å². The second kappa shape index (κ2) is 5.14. The molecule has 6 nitrogen and oxygen atoms in total. The fourth-order valence-corrected chi connectivity index (χ4v) is 2.13. The fourth-order valence-electron chi connectivity index (χ4n) is 2.13. The number of ether oxygens (including phenoxy) is 1. The van der Waals surface area contributed by atoms with Crippen molar-refractivity contribution in [2.75, 3.05) is 18.5 Å². The summed E-state index contributed by atoms with van der Waals surface area (Å²) in [5.41, 5.74) is -0.141. The Bertz CT molecular complexity index is 492. The van der Waals surface area contributed by atoms with Gasteiger partial charge in [-0.2, -0.15) is 0 Å². The van der Waals surface area contributed by atoms with Crippen LogP contribution in [0.25, 0.3) is 0 Å². The van der Waals surface area contributed by atoms with Crippen LogP contribution in [0, 0.1) is 6.92 Å². The van der Waals surface area contributed by atoms with Crippen LogP contribution in [-0.2, 0) is 4.74 Å². The van der Waals surface area contributed by atoms with E-state index in [2.05, 4.69) is 10.3 Å². The third kappa shape index (κ3) is 3.02. The van der Waals surface area contributed by atoms with Gasteiger partial charge in [-0.05, 0) is 26.0 Å². The normalized spacial score (nSPS) is 26.4. The van der Waals surface area contributed by atoms with E-state index in [-0.39, 0.29) is 18.2 Å². The molecule has 2 atom stereocenters. The van der Waals surface area contributed by atoms with Crippen molar-refractivity contribution in [1.29, 1.82) is 0 Å². The number of aryl methyl sites for hydroxylation is 1. The van der Waals surface area contributed by atoms with Crippen LogP contribution in [0.3, 0.4) is 0 Å². The van der Waals surface area contributed by atoms with Crippen LogP contribution in [0.2, 0.25) is 0 Å². The number of nitrogens with zero attached hydrogens (tertiary/aromatic N) is 1. The molecule has 1 aliphatic rings. The van der Waals surface area contributed by atoms with Crippen molar-refractivity contribution in [1.82, 2.24) is 4.98 Å². The molecule has 19 heavy (non-hydrogen) atoms. The standard InChI is InChI=1S/C13H18N2O4/c1-8-5-10(12(16)17)6-11(15-8)14-7-13(18)3-4-19-9(13)2/h5-6,9,18H,3-4,7H2,1-2H3,(H,14,15)(H,16,17). The zero-order chi connectivity index (χ0) is 14.0. The second-order valence-corrected chi connectivity index (χ2v) is 4.91. The maximum atomic E-state index is 11.0. The predicted octanol–water partition coefficient (Wildman–Crippen LogP) is 1.04. The van der Waals surface area contributed by atoms with Gasteiger partial charge in [0.25, 0.3) is 0 Å². The van der Waals surface area contributed by atoms with Gasteiger partial charge in [-0.1, -0.05) is 0 Å². The third-order valence-electron chi connectivity index (χ3n) is 3.44. The fraction of sp³-hybridized carbons (Fsp3) is 0.538. The van der Waals surface area contributed by atoms with Gasteiger partial charge < -0.3 is 20.3 Å². The zero-order valence-electron chi connectivity index (χ0n) is 11.0. The number of carbonyl (C=O) groups is 1. The van der Waals surface area contributed by atoms with Gasteiger partial charge in [0.05, 0.1) is 11.7 Å². The van der Waals surface area contributed by atoms with E-state index in [0.717, 1.165) is 0 Å². The first kappa shape index (κ1) is 13.8. The molecule has 1 aromatic rings. The lowest BCUT2D eigenvalue weighted by Crippen LogP contribution is -2.43. The van der Waals surface area contributed by atoms with E-state index in [0.29, 0.717) is 24.5 Å². The SMILES string of the molecule is Cc1cc(C(=O)O)cc(NCC2(O)CCOC2C)n1. The summed E-state index contributed by atoms with van der Waals surface area (Å²) in [7, 11) is 0. The number of hydrogen-bond acceptors (Lipinski definition) is 5. The number of pyridine rings is 1. The van der Waals surface area contributed by atoms with Gasteiger partial charge in [0.15, 0.2) is 0 Å². The second-order valence-electron chi connectivity index (χ2n) is 4.91. The van der Waals surface area contributed by atoms with Gasteiger partial charge in [-0.3, -0.25) is 0 Å². The van der Waals surface area contributed by atoms with Crippen LogP contribution >= 0.6 is 0 Å². The number of rotatable bonds is 4. The average molecular weight is 266 g/mol. The molecule has 0 spiro atoms. The van der Waals surface area contributed by atoms with E-state index < -0.39 is 11.6 Å². The Balaban J connectivity index is 2.09. The number of aromatic nitrogens is 1. The molecule has 3 N–H and O–H groups in total. The van der Waals surface area contributed by atoms with Crippen LogP contribution in [0.4, 0.5) is 5.82 Å². The minimum Gasteiger partial charge on any atom is -0.478 e. The Morgan fingerprint density at radius 2 is 2.37 bits per heavy atom. The lowest BCUT2D eigenvalue weighted by atomic mass is 9.97. The van der Waals surface area contributed by atoms with Gasteiger partial charge in [-0.25, -0.2) is 9.78 Å². The van der Waals surface area contributed by atoms with Crippen molar-refractivity contribution in [3.8, 4) is 0 Å². The molecule has 0 bridgehead atoms. The quantitative estimate of drug-likeness (QED) is 0.754. The van der Waals surface area contributed by atoms with E-state index in [4.69, 9.17) is 9.84 Å². The zero-order valence-corrected chi connectivity index (χ0v) is 11.0. The topological polar surface area (TPSA) is 91.7 Å². The first-order valence-corrected chi connectivity index (χ1v) is 6.20. The Morgan fingerprint density at radius 1 is 1.63 bits per heavy atom. The Kier molecular flexibility index (Phi) is 3.73. The summed E-state index contributed by atoms with van der Waals surface area (Å²) >= 11 is 0. The number of carboxylic acids is 1. The maximum Gasteiger partial charge on any atom is 0.335 e. The van der Waals surface area contributed by atoms with Crippen molar-refractivity contribution >= 4 is 11.8 Å². The maximum absolute atomic E-state index is 11.0. The summed E-state index contributed by atoms with van der Waals surface area (Å²) in [5, 5.41) is 22.3. The average Bonchev–Trinajstić information content (AvgIpc) is 2.67. The Hall–Kier alpha value is -1.66. The van der Waals surface area contributed by atoms with E-state index in [9.17, 15) is 9.90 Å². The predicted molar refractivity (Wildman–Crippen MR) is 69.4 cm³/mol. The number of hydrogen-bond donors (Lipinski definition) is 3. The molecule has 0 saturated carbocycles. The van der Waals surface area contributed by atoms with Crippen molar-refractivity contribution in [3.63, 3.8) is 0 Å². The molecule has 6 heteroatoms. The van der Waals surface area contributed by atoms with Crippen molar-refractivity contribution < 1.29 is 19.7 Å². The highest BCUT2D eigenvalue weighted by Crippen LogP contribution is 2.26. The first-order chi connectivity index (χ1) is 8.90. The molecule has 104 valence electrons. The summed E-state index contributed by atoms with van der Waals surface area (Å²) in [5.74, 6) is -0.547. The molecule has 1 fully saturated rings. The highest BCUT2D eigenvalue weighted by atomic mass is 16.5. The van der Waals surface area contributed by atoms with Crippen LogP contribution in [0.15, 0.2) is 12.1 Å². The summed E-state index contributed by atoms with van der Waals surface area (Å²) in [6, 6.07) is 2.96. The van der Waals surface area contributed by atoms with E-state index in [1.165, 1.54) is 12.1 Å². The smallest absolute Gasteiger partial charge is 0.335 e. The van der Waals surface area contributed by atoms with E-state index in [1.807, 2.05) is 6.92 Å². The molecule has 2 rings (SSSR count). The summed E-state index contributed by atoms with van der Waals surface area (Å²) in [6.07, 6.45) is 0.308. The largest absolute Gasteiger partial charge is 0.478 e. The number of nitrogens with one attached hydrogen (secondary N) is 1. The van der Waals surface area contributed by atoms with Crippen LogP contribution in [0.1, 0.15) is 29.4 Å². The molecule has 2 unspecified atom stereocenters. The van der Waals surface area contributed by atoms with Gasteiger partial charge in [0.2, 0.25) is 0 Å². The Morgan fingerprint density at radius 3 is 2.95 bits per heavy atom. The first-order valence-electron chi connectivity index (χ1n) is 6.20. The van der Waals surface area contributed by atoms with Gasteiger partial charge in [0, 0.05) is 25.3 Å². The molecule has 1 aromatic heterocycles. The molecule has 0 aliphatic carbocycles. The van der Waals surface area contributed by atoms with E-state index in [1.54, 1.807) is 6.92 Å². The van der Waals surface area contributed by atoms with Gasteiger partial charge in [0.1, 0.15) is 11.4 Å². The number of carboxylic acid groups (broad SMARTS) is 1. The van der Waals surface area contributed by atoms with Gasteiger partial charge in [-0.15, -0.1) is 0 Å². The summed E-state index contributed by atoms with van der Waals surface area (Å²) in [6.45, 7) is 4.36. The van der Waals surface area contributed by atoms with Crippen LogP contribution in [-0.4, -0.2) is 46.0 Å². The van der Waals surface area contributed by atoms with Crippen molar-refractivity contribution in [3.05, 3.63) is 23.4 Å². The lowest BCUT2D eigenvalue weighted by Gasteiger charge is -2.26. The van der Waals surface area contributed by atoms with E-state index >= 15 is 0 Å². The lowest BCUT2D eigenvalue weighted by molar-refractivity contribution is -0.0176. The molecule has 0 aromatic carbocycles. The third-order valence-corrected chi connectivity index (χ3v) is 3.44. The van der Waals surface area contributed by atoms with Crippen molar-refractivity contribution in [2.45, 2.75) is 32.0 Å². The molecular weight excluding hydrogens is 248 g/mol. The monoisotopic (exact) mass is 266 g/mol. The number of anilines is 1. The Labute approximate surface area is 111 Å². The molecule has 0 amide bonds. The minimum atomic E-state index is -0.996. The summed E-state index contributed by atoms with van der Waals surface area (Å²) in [4.78, 5) is 15.2. The molecule has 0 radical (unpaired) electrons. The molecule has 1 aliphatic heterocycles. The highest BCUT2D eigenvalue weighted by molar-refractivity contribution is 5.88. The molecule has 1 saturated heterocycles. The van der Waals surface area contributed by atoms with Crippen LogP contribution < -0.4 is 5.32 Å². The number of aliphatic hydroxyl groups is 1. The minimum absolute atomic E-state index is 0.178. The van der Waals surface area contributed by atoms with Crippen molar-refractivity contribution in [2.24, 2.45) is 0 Å². The number of aromatic carboxylic acids is 1. The summed E-state index contributed by atoms with van der Waals surface area (Å²) < 4.78 is 5.34. The molecular formula is C13H18N2O4. The van der Waals surface area contributed by atoms with Crippen LogP contribution in [0.5, 0.6) is 0 Å². The molecule has 2 heterocycles.